The minimum Gasteiger partial charge on any atom is -0.353 e. The molecule has 3 rings (SSSR count). The van der Waals surface area contributed by atoms with E-state index in [-0.39, 0.29) is 12.1 Å². The smallest absolute Gasteiger partial charge is 0.335 e. The highest BCUT2D eigenvalue weighted by atomic mass is 16.2. The van der Waals surface area contributed by atoms with Gasteiger partial charge in [-0.15, -0.1) is 0 Å². The van der Waals surface area contributed by atoms with E-state index in [1.807, 2.05) is 19.9 Å². The Morgan fingerprint density at radius 1 is 1.15 bits per heavy atom. The second-order valence-electron chi connectivity index (χ2n) is 7.12. The van der Waals surface area contributed by atoms with Crippen LogP contribution in [0.25, 0.3) is 0 Å². The number of nitrogens with zero attached hydrogens (tertiary/aromatic N) is 2. The zero-order valence-corrected chi connectivity index (χ0v) is 15.2. The van der Waals surface area contributed by atoms with Crippen LogP contribution in [0, 0.1) is 19.8 Å². The first kappa shape index (κ1) is 18.3. The number of carbonyl (C=O) groups is 3. The maximum atomic E-state index is 12.8. The standard InChI is InChI=1S/C19H24N4O3/c1-11-7-8-13(9-12(11)2)23-18(25)14(17(24)22-19(23)26)10-21-16-6-4-3-5-15(16)20/h7-10,14-16H,3-6,20H2,1-2H3,(H,22,24,26)/p+1/t14-,15-,16+/m1/s1. The second kappa shape index (κ2) is 7.37. The maximum Gasteiger partial charge on any atom is 0.335 e. The van der Waals surface area contributed by atoms with Gasteiger partial charge in [-0.05, 0) is 49.9 Å². The Kier molecular flexibility index (Phi) is 5.18. The van der Waals surface area contributed by atoms with Gasteiger partial charge in [0.2, 0.25) is 5.91 Å². The van der Waals surface area contributed by atoms with Crippen molar-refractivity contribution >= 4 is 29.7 Å². The summed E-state index contributed by atoms with van der Waals surface area (Å²) in [4.78, 5) is 42.7. The lowest BCUT2D eigenvalue weighted by Gasteiger charge is -2.29. The molecule has 7 heteroatoms. The second-order valence-corrected chi connectivity index (χ2v) is 7.12. The van der Waals surface area contributed by atoms with Gasteiger partial charge in [0.05, 0.1) is 5.69 Å². The molecule has 0 bridgehead atoms. The van der Waals surface area contributed by atoms with E-state index in [4.69, 9.17) is 0 Å². The normalized spacial score (nSPS) is 27.1. The van der Waals surface area contributed by atoms with Crippen molar-refractivity contribution in [1.82, 2.24) is 5.32 Å². The lowest BCUT2D eigenvalue weighted by Crippen LogP contribution is -2.66. The molecule has 1 heterocycles. The average Bonchev–Trinajstić information content (AvgIpc) is 2.59. The fourth-order valence-corrected chi connectivity index (χ4v) is 3.41. The Labute approximate surface area is 152 Å². The highest BCUT2D eigenvalue weighted by Gasteiger charge is 2.40. The molecule has 0 radical (unpaired) electrons. The van der Waals surface area contributed by atoms with Gasteiger partial charge in [0, 0.05) is 12.6 Å². The van der Waals surface area contributed by atoms with Crippen molar-refractivity contribution in [2.24, 2.45) is 10.9 Å². The molecule has 1 saturated heterocycles. The first-order valence-electron chi connectivity index (χ1n) is 9.01. The number of hydrogen-bond donors (Lipinski definition) is 2. The number of imide groups is 2. The lowest BCUT2D eigenvalue weighted by atomic mass is 9.91. The summed E-state index contributed by atoms with van der Waals surface area (Å²) in [6.45, 7) is 3.86. The number of rotatable bonds is 3. The number of hydrogen-bond acceptors (Lipinski definition) is 4. The Hall–Kier alpha value is -2.54. The number of amides is 4. The molecule has 1 saturated carbocycles. The van der Waals surface area contributed by atoms with E-state index in [1.54, 1.807) is 12.1 Å². The molecule has 4 amide bonds. The quantitative estimate of drug-likeness (QED) is 0.625. The van der Waals surface area contributed by atoms with Gasteiger partial charge >= 0.3 is 6.03 Å². The molecule has 3 atom stereocenters. The van der Waals surface area contributed by atoms with Gasteiger partial charge < -0.3 is 5.73 Å². The number of anilines is 1. The van der Waals surface area contributed by atoms with Crippen molar-refractivity contribution in [3.05, 3.63) is 29.3 Å². The molecule has 0 aromatic heterocycles. The summed E-state index contributed by atoms with van der Waals surface area (Å²) in [7, 11) is 0. The summed E-state index contributed by atoms with van der Waals surface area (Å²) in [6, 6.07) is 4.82. The summed E-state index contributed by atoms with van der Waals surface area (Å²) in [5.74, 6) is -2.29. The van der Waals surface area contributed by atoms with Crippen molar-refractivity contribution < 1.29 is 20.1 Å². The van der Waals surface area contributed by atoms with E-state index >= 15 is 0 Å². The Balaban J connectivity index is 1.84. The summed E-state index contributed by atoms with van der Waals surface area (Å²) in [5, 5.41) is 2.26. The van der Waals surface area contributed by atoms with Crippen LogP contribution < -0.4 is 16.0 Å². The van der Waals surface area contributed by atoms with E-state index in [2.05, 4.69) is 16.0 Å². The summed E-state index contributed by atoms with van der Waals surface area (Å²) < 4.78 is 0. The van der Waals surface area contributed by atoms with Gasteiger partial charge in [0.15, 0.2) is 5.92 Å². The van der Waals surface area contributed by atoms with Crippen molar-refractivity contribution in [3.8, 4) is 0 Å². The topological polar surface area (TPSA) is 106 Å². The number of nitrogens with one attached hydrogen (secondary N) is 1. The van der Waals surface area contributed by atoms with Crippen LogP contribution in [0.2, 0.25) is 0 Å². The van der Waals surface area contributed by atoms with Gasteiger partial charge in [-0.2, -0.15) is 0 Å². The number of urea groups is 1. The molecular weight excluding hydrogens is 332 g/mol. The van der Waals surface area contributed by atoms with Crippen molar-refractivity contribution in [1.29, 1.82) is 0 Å². The summed E-state index contributed by atoms with van der Waals surface area (Å²) in [5.41, 5.74) is 6.59. The number of barbiturate groups is 1. The number of quaternary nitrogens is 1. The van der Waals surface area contributed by atoms with Crippen LogP contribution in [0.5, 0.6) is 0 Å². The predicted molar refractivity (Wildman–Crippen MR) is 97.9 cm³/mol. The molecule has 0 spiro atoms. The molecule has 0 unspecified atom stereocenters. The molecule has 1 aromatic carbocycles. The molecule has 138 valence electrons. The van der Waals surface area contributed by atoms with Gasteiger partial charge in [-0.3, -0.25) is 19.9 Å². The highest BCUT2D eigenvalue weighted by molar-refractivity contribution is 6.32. The van der Waals surface area contributed by atoms with Crippen LogP contribution in [0.15, 0.2) is 23.2 Å². The van der Waals surface area contributed by atoms with E-state index in [9.17, 15) is 14.4 Å². The largest absolute Gasteiger partial charge is 0.353 e. The van der Waals surface area contributed by atoms with Crippen LogP contribution in [0.3, 0.4) is 0 Å². The minimum absolute atomic E-state index is 0.0250. The van der Waals surface area contributed by atoms with Gasteiger partial charge in [0.1, 0.15) is 12.1 Å². The van der Waals surface area contributed by atoms with Crippen molar-refractivity contribution in [2.45, 2.75) is 51.6 Å². The van der Waals surface area contributed by atoms with E-state index in [1.165, 1.54) is 6.21 Å². The Morgan fingerprint density at radius 2 is 1.88 bits per heavy atom. The predicted octanol–water partition coefficient (Wildman–Crippen LogP) is 1.13. The van der Waals surface area contributed by atoms with E-state index < -0.39 is 23.8 Å². The molecule has 2 fully saturated rings. The highest BCUT2D eigenvalue weighted by Crippen LogP contribution is 2.24. The lowest BCUT2D eigenvalue weighted by molar-refractivity contribution is -0.428. The van der Waals surface area contributed by atoms with Crippen LogP contribution in [0.1, 0.15) is 36.8 Å². The SMILES string of the molecule is Cc1ccc(N2C(=O)NC(=O)[C@@H](C=N[C@H]3CCCC[C@H]3[NH3+])C2=O)cc1C. The molecule has 7 nitrogen and oxygen atoms in total. The fourth-order valence-electron chi connectivity index (χ4n) is 3.41. The number of aryl methyl sites for hydroxylation is 2. The Morgan fingerprint density at radius 3 is 2.58 bits per heavy atom. The van der Waals surface area contributed by atoms with Crippen LogP contribution in [-0.4, -0.2) is 36.1 Å². The monoisotopic (exact) mass is 357 g/mol. The van der Waals surface area contributed by atoms with Gasteiger partial charge in [-0.1, -0.05) is 12.5 Å². The van der Waals surface area contributed by atoms with Gasteiger partial charge in [0.25, 0.3) is 5.91 Å². The van der Waals surface area contributed by atoms with Crippen LogP contribution in [-0.2, 0) is 9.59 Å². The number of aliphatic imine (C=N–C) groups is 1. The number of carbonyl (C=O) groups excluding carboxylic acids is 3. The first-order chi connectivity index (χ1) is 12.4. The molecular formula is C19H25N4O3+. The van der Waals surface area contributed by atoms with E-state index in [0.717, 1.165) is 41.7 Å². The minimum atomic E-state index is -1.09. The third-order valence-corrected chi connectivity index (χ3v) is 5.25. The fraction of sp³-hybridized carbons (Fsp3) is 0.474. The zero-order valence-electron chi connectivity index (χ0n) is 15.2. The Bertz CT molecular complexity index is 774. The summed E-state index contributed by atoms with van der Waals surface area (Å²) in [6.07, 6.45) is 5.52. The average molecular weight is 357 g/mol. The third kappa shape index (κ3) is 3.53. The molecule has 26 heavy (non-hydrogen) atoms. The van der Waals surface area contributed by atoms with Crippen molar-refractivity contribution in [3.63, 3.8) is 0 Å². The van der Waals surface area contributed by atoms with Crippen LogP contribution in [0.4, 0.5) is 10.5 Å². The first-order valence-corrected chi connectivity index (χ1v) is 9.01. The third-order valence-electron chi connectivity index (χ3n) is 5.25. The van der Waals surface area contributed by atoms with E-state index in [0.29, 0.717) is 5.69 Å². The molecule has 1 aromatic rings. The molecule has 1 aliphatic carbocycles. The van der Waals surface area contributed by atoms with Gasteiger partial charge in [-0.25, -0.2) is 9.69 Å². The number of benzene rings is 1. The molecule has 2 aliphatic rings. The molecule has 1 aliphatic heterocycles. The summed E-state index contributed by atoms with van der Waals surface area (Å²) >= 11 is 0. The zero-order chi connectivity index (χ0) is 18.8. The van der Waals surface area contributed by atoms with Crippen LogP contribution >= 0.6 is 0 Å². The molecule has 4 N–H and O–H groups in total. The maximum absolute atomic E-state index is 12.8. The van der Waals surface area contributed by atoms with Crippen molar-refractivity contribution in [2.75, 3.05) is 4.90 Å².